The number of likely N-dealkylation sites (tertiary alicyclic amines) is 1. The van der Waals surface area contributed by atoms with Gasteiger partial charge >= 0.3 is 6.03 Å². The molecule has 1 saturated heterocycles. The van der Waals surface area contributed by atoms with E-state index in [-0.39, 0.29) is 18.7 Å². The molecule has 2 amide bonds. The van der Waals surface area contributed by atoms with Gasteiger partial charge in [0.1, 0.15) is 0 Å². The maximum absolute atomic E-state index is 11.8. The molecule has 2 atom stereocenters. The molecule has 1 aliphatic heterocycles. The first kappa shape index (κ1) is 18.7. The predicted octanol–water partition coefficient (Wildman–Crippen LogP) is 2.63. The van der Waals surface area contributed by atoms with Crippen LogP contribution in [0.5, 0.6) is 0 Å². The van der Waals surface area contributed by atoms with E-state index in [1.807, 2.05) is 6.92 Å². The lowest BCUT2D eigenvalue weighted by Gasteiger charge is -2.33. The quantitative estimate of drug-likeness (QED) is 0.719. The van der Waals surface area contributed by atoms with Gasteiger partial charge in [0.05, 0.1) is 0 Å². The minimum Gasteiger partial charge on any atom is -0.396 e. The van der Waals surface area contributed by atoms with Crippen molar-refractivity contribution >= 4 is 6.03 Å². The van der Waals surface area contributed by atoms with Crippen molar-refractivity contribution < 1.29 is 9.90 Å². The minimum atomic E-state index is -0.192. The summed E-state index contributed by atoms with van der Waals surface area (Å²) in [7, 11) is 0. The van der Waals surface area contributed by atoms with Gasteiger partial charge in [0.2, 0.25) is 0 Å². The highest BCUT2D eigenvalue weighted by molar-refractivity contribution is 5.74. The number of piperidine rings is 1. The molecule has 5 nitrogen and oxygen atoms in total. The Morgan fingerprint density at radius 2 is 2.00 bits per heavy atom. The fourth-order valence-corrected chi connectivity index (χ4v) is 3.11. The van der Waals surface area contributed by atoms with Crippen molar-refractivity contribution in [2.45, 2.75) is 64.7 Å². The van der Waals surface area contributed by atoms with Crippen LogP contribution in [-0.2, 0) is 13.1 Å². The smallest absolute Gasteiger partial charge is 0.315 e. The van der Waals surface area contributed by atoms with E-state index in [0.29, 0.717) is 19.0 Å². The standard InChI is InChI=1S/C19H31N3O2/c1-15(10-12-23)21-19(24)20-13-17-6-8-18(9-7-17)14-22-11-4-3-5-16(22)2/h6-9,15-16,23H,3-5,10-14H2,1-2H3,(H2,20,21,24)/t15-,16?/m1/s1. The molecule has 0 aromatic heterocycles. The number of hydrogen-bond donors (Lipinski definition) is 3. The molecule has 1 aromatic rings. The highest BCUT2D eigenvalue weighted by Gasteiger charge is 2.17. The van der Waals surface area contributed by atoms with Gasteiger partial charge in [0.15, 0.2) is 0 Å². The van der Waals surface area contributed by atoms with E-state index in [4.69, 9.17) is 5.11 Å². The van der Waals surface area contributed by atoms with Gasteiger partial charge in [-0.25, -0.2) is 4.79 Å². The van der Waals surface area contributed by atoms with E-state index in [1.54, 1.807) is 0 Å². The SMILES string of the molecule is CC1CCCCN1Cc1ccc(CNC(=O)N[C@H](C)CCO)cc1. The van der Waals surface area contributed by atoms with Crippen LogP contribution in [0, 0.1) is 0 Å². The van der Waals surface area contributed by atoms with E-state index in [9.17, 15) is 4.79 Å². The first-order valence-corrected chi connectivity index (χ1v) is 9.05. The van der Waals surface area contributed by atoms with Gasteiger partial charge < -0.3 is 15.7 Å². The maximum Gasteiger partial charge on any atom is 0.315 e. The van der Waals surface area contributed by atoms with Crippen LogP contribution in [0.4, 0.5) is 4.79 Å². The first-order chi connectivity index (χ1) is 11.6. The van der Waals surface area contributed by atoms with Gasteiger partial charge in [-0.3, -0.25) is 4.90 Å². The van der Waals surface area contributed by atoms with Crippen LogP contribution in [0.1, 0.15) is 50.7 Å². The third kappa shape index (κ3) is 6.13. The number of aliphatic hydroxyl groups is 1. The van der Waals surface area contributed by atoms with Gasteiger partial charge in [-0.05, 0) is 50.8 Å². The molecule has 5 heteroatoms. The number of aliphatic hydroxyl groups excluding tert-OH is 1. The van der Waals surface area contributed by atoms with Crippen molar-refractivity contribution in [2.75, 3.05) is 13.2 Å². The molecular weight excluding hydrogens is 302 g/mol. The summed E-state index contributed by atoms with van der Waals surface area (Å²) in [5.41, 5.74) is 2.42. The summed E-state index contributed by atoms with van der Waals surface area (Å²) < 4.78 is 0. The molecule has 1 fully saturated rings. The number of urea groups is 1. The summed E-state index contributed by atoms with van der Waals surface area (Å²) in [5, 5.41) is 14.5. The normalized spacial score (nSPS) is 19.7. The highest BCUT2D eigenvalue weighted by atomic mass is 16.3. The molecule has 2 rings (SSSR count). The van der Waals surface area contributed by atoms with Crippen LogP contribution < -0.4 is 10.6 Å². The molecule has 0 saturated carbocycles. The minimum absolute atomic E-state index is 0.0242. The number of nitrogens with one attached hydrogen (secondary N) is 2. The molecule has 1 unspecified atom stereocenters. The summed E-state index contributed by atoms with van der Waals surface area (Å²) >= 11 is 0. The Balaban J connectivity index is 1.76. The average Bonchev–Trinajstić information content (AvgIpc) is 2.56. The fourth-order valence-electron chi connectivity index (χ4n) is 3.11. The van der Waals surface area contributed by atoms with Crippen molar-refractivity contribution in [2.24, 2.45) is 0 Å². The van der Waals surface area contributed by atoms with Crippen molar-refractivity contribution in [3.8, 4) is 0 Å². The molecule has 0 bridgehead atoms. The number of benzene rings is 1. The van der Waals surface area contributed by atoms with Crippen LogP contribution >= 0.6 is 0 Å². The topological polar surface area (TPSA) is 64.6 Å². The molecule has 134 valence electrons. The number of amides is 2. The Bertz CT molecular complexity index is 504. The van der Waals surface area contributed by atoms with Crippen molar-refractivity contribution in [1.29, 1.82) is 0 Å². The first-order valence-electron chi connectivity index (χ1n) is 9.05. The molecule has 0 radical (unpaired) electrons. The molecule has 3 N–H and O–H groups in total. The van der Waals surface area contributed by atoms with E-state index in [1.165, 1.54) is 31.4 Å². The zero-order valence-corrected chi connectivity index (χ0v) is 14.9. The molecule has 1 aromatic carbocycles. The van der Waals surface area contributed by atoms with Crippen LogP contribution in [-0.4, -0.2) is 41.3 Å². The van der Waals surface area contributed by atoms with Crippen LogP contribution in [0.25, 0.3) is 0 Å². The number of rotatable bonds is 7. The average molecular weight is 333 g/mol. The third-order valence-electron chi connectivity index (χ3n) is 4.74. The number of nitrogens with zero attached hydrogens (tertiary/aromatic N) is 1. The van der Waals surface area contributed by atoms with Gasteiger partial charge in [-0.15, -0.1) is 0 Å². The largest absolute Gasteiger partial charge is 0.396 e. The van der Waals surface area contributed by atoms with Crippen molar-refractivity contribution in [3.63, 3.8) is 0 Å². The molecule has 24 heavy (non-hydrogen) atoms. The molecule has 0 aliphatic carbocycles. The zero-order valence-electron chi connectivity index (χ0n) is 14.9. The molecule has 1 aliphatic rings. The number of carbonyl (C=O) groups is 1. The monoisotopic (exact) mass is 333 g/mol. The lowest BCUT2D eigenvalue weighted by Crippen LogP contribution is -2.40. The number of hydrogen-bond acceptors (Lipinski definition) is 3. The summed E-state index contributed by atoms with van der Waals surface area (Å²) in [5.74, 6) is 0. The van der Waals surface area contributed by atoms with Crippen LogP contribution in [0.15, 0.2) is 24.3 Å². The highest BCUT2D eigenvalue weighted by Crippen LogP contribution is 2.19. The predicted molar refractivity (Wildman–Crippen MR) is 96.7 cm³/mol. The molecule has 0 spiro atoms. The summed E-state index contributed by atoms with van der Waals surface area (Å²) in [4.78, 5) is 14.3. The van der Waals surface area contributed by atoms with Crippen molar-refractivity contribution in [3.05, 3.63) is 35.4 Å². The lowest BCUT2D eigenvalue weighted by molar-refractivity contribution is 0.152. The van der Waals surface area contributed by atoms with Gasteiger partial charge in [0.25, 0.3) is 0 Å². The lowest BCUT2D eigenvalue weighted by atomic mass is 10.0. The Kier molecular flexibility index (Phi) is 7.53. The Morgan fingerprint density at radius 3 is 2.67 bits per heavy atom. The molecule has 1 heterocycles. The molecular formula is C19H31N3O2. The second-order valence-corrected chi connectivity index (χ2v) is 6.87. The van der Waals surface area contributed by atoms with E-state index in [2.05, 4.69) is 46.7 Å². The third-order valence-corrected chi connectivity index (χ3v) is 4.74. The Hall–Kier alpha value is -1.59. The summed E-state index contributed by atoms with van der Waals surface area (Å²) in [6.45, 7) is 6.99. The van der Waals surface area contributed by atoms with Gasteiger partial charge in [-0.1, -0.05) is 30.7 Å². The van der Waals surface area contributed by atoms with E-state index in [0.717, 1.165) is 12.1 Å². The second kappa shape index (κ2) is 9.64. The van der Waals surface area contributed by atoms with E-state index < -0.39 is 0 Å². The van der Waals surface area contributed by atoms with Crippen molar-refractivity contribution in [1.82, 2.24) is 15.5 Å². The zero-order chi connectivity index (χ0) is 17.4. The van der Waals surface area contributed by atoms with Crippen LogP contribution in [0.3, 0.4) is 0 Å². The summed E-state index contributed by atoms with van der Waals surface area (Å²) in [6, 6.07) is 8.94. The second-order valence-electron chi connectivity index (χ2n) is 6.87. The number of carbonyl (C=O) groups excluding carboxylic acids is 1. The maximum atomic E-state index is 11.8. The Morgan fingerprint density at radius 1 is 1.29 bits per heavy atom. The van der Waals surface area contributed by atoms with E-state index >= 15 is 0 Å². The summed E-state index contributed by atoms with van der Waals surface area (Å²) in [6.07, 6.45) is 4.51. The van der Waals surface area contributed by atoms with Crippen LogP contribution in [0.2, 0.25) is 0 Å². The van der Waals surface area contributed by atoms with Gasteiger partial charge in [-0.2, -0.15) is 0 Å². The Labute approximate surface area is 145 Å². The van der Waals surface area contributed by atoms with Gasteiger partial charge in [0, 0.05) is 31.8 Å². The fraction of sp³-hybridized carbons (Fsp3) is 0.632.